The first-order valence-electron chi connectivity index (χ1n) is 11.7. The molecule has 4 unspecified atom stereocenters. The van der Waals surface area contributed by atoms with Crippen molar-refractivity contribution in [3.8, 4) is 0 Å². The summed E-state index contributed by atoms with van der Waals surface area (Å²) >= 11 is 0. The highest BCUT2D eigenvalue weighted by molar-refractivity contribution is 5.96. The molecule has 14 heteroatoms. The van der Waals surface area contributed by atoms with E-state index in [1.807, 2.05) is 0 Å². The maximum Gasteiger partial charge on any atom is 0.326 e. The highest BCUT2D eigenvalue weighted by atomic mass is 16.4. The number of amides is 3. The lowest BCUT2D eigenvalue weighted by molar-refractivity contribution is -0.144. The van der Waals surface area contributed by atoms with Crippen LogP contribution < -0.4 is 21.7 Å². The molecule has 2 aromatic rings. The predicted octanol–water partition coefficient (Wildman–Crippen LogP) is -0.818. The Labute approximate surface area is 217 Å². The Bertz CT molecular complexity index is 1210. The third kappa shape index (κ3) is 8.30. The lowest BCUT2D eigenvalue weighted by Gasteiger charge is -2.25. The van der Waals surface area contributed by atoms with E-state index in [0.717, 1.165) is 10.9 Å². The zero-order valence-electron chi connectivity index (χ0n) is 20.8. The van der Waals surface area contributed by atoms with Gasteiger partial charge in [-0.1, -0.05) is 32.0 Å². The topological polar surface area (TPSA) is 241 Å². The summed E-state index contributed by atoms with van der Waals surface area (Å²) in [6.07, 6.45) is -0.0836. The number of rotatable bonds is 14. The molecule has 14 nitrogen and oxygen atoms in total. The zero-order chi connectivity index (χ0) is 28.6. The van der Waals surface area contributed by atoms with Gasteiger partial charge in [-0.25, -0.2) is 4.79 Å². The van der Waals surface area contributed by atoms with Gasteiger partial charge in [0, 0.05) is 23.5 Å². The van der Waals surface area contributed by atoms with Crippen LogP contribution in [0.4, 0.5) is 0 Å². The second-order valence-corrected chi connectivity index (χ2v) is 9.06. The van der Waals surface area contributed by atoms with Crippen LogP contribution in [0.25, 0.3) is 10.9 Å². The number of aliphatic carboxylic acids is 3. The molecule has 0 saturated carbocycles. The smallest absolute Gasteiger partial charge is 0.326 e. The van der Waals surface area contributed by atoms with Crippen molar-refractivity contribution < 1.29 is 44.1 Å². The normalized spacial score (nSPS) is 14.2. The van der Waals surface area contributed by atoms with E-state index in [-0.39, 0.29) is 6.42 Å². The summed E-state index contributed by atoms with van der Waals surface area (Å²) in [6.45, 7) is 3.08. The first kappa shape index (κ1) is 29.8. The van der Waals surface area contributed by atoms with Crippen LogP contribution in [0.3, 0.4) is 0 Å². The molecule has 0 aliphatic heterocycles. The highest BCUT2D eigenvalue weighted by Gasteiger charge is 2.33. The monoisotopic (exact) mass is 533 g/mol. The van der Waals surface area contributed by atoms with Gasteiger partial charge in [-0.2, -0.15) is 0 Å². The molecule has 3 amide bonds. The molecule has 0 spiro atoms. The number of fused-ring (bicyclic) bond motifs is 1. The van der Waals surface area contributed by atoms with Crippen molar-refractivity contribution in [3.63, 3.8) is 0 Å². The van der Waals surface area contributed by atoms with Gasteiger partial charge in [-0.15, -0.1) is 0 Å². The second-order valence-electron chi connectivity index (χ2n) is 9.06. The van der Waals surface area contributed by atoms with Crippen molar-refractivity contribution in [1.82, 2.24) is 20.9 Å². The Hall–Kier alpha value is -4.46. The van der Waals surface area contributed by atoms with Crippen LogP contribution in [0.15, 0.2) is 30.5 Å². The number of carboxylic acids is 3. The molecule has 0 saturated heterocycles. The van der Waals surface area contributed by atoms with Crippen molar-refractivity contribution in [3.05, 3.63) is 36.0 Å². The summed E-state index contributed by atoms with van der Waals surface area (Å²) in [5.41, 5.74) is 6.97. The molecule has 1 heterocycles. The number of H-pyrrole nitrogens is 1. The number of carboxylic acid groups (broad SMARTS) is 3. The lowest BCUT2D eigenvalue weighted by Crippen LogP contribution is -2.58. The summed E-state index contributed by atoms with van der Waals surface area (Å²) in [6, 6.07) is 1.23. The lowest BCUT2D eigenvalue weighted by atomic mass is 10.0. The fourth-order valence-electron chi connectivity index (χ4n) is 3.71. The van der Waals surface area contributed by atoms with Crippen LogP contribution in [0, 0.1) is 5.92 Å². The average Bonchev–Trinajstić information content (AvgIpc) is 3.23. The van der Waals surface area contributed by atoms with Gasteiger partial charge >= 0.3 is 17.9 Å². The zero-order valence-corrected chi connectivity index (χ0v) is 20.8. The standard InChI is InChI=1S/C24H31N5O9/c1-11(2)20(24(37)38)29-23(36)17(9-19(32)33)28-22(35)16(27-21(34)14(25)8-18(30)31)7-12-10-26-15-6-4-3-5-13(12)15/h3-6,10-11,14,16-17,20,26H,7-9,25H2,1-2H3,(H,27,34)(H,28,35)(H,29,36)(H,30,31)(H,32,33)(H,37,38). The third-order valence-corrected chi connectivity index (χ3v) is 5.71. The summed E-state index contributed by atoms with van der Waals surface area (Å²) in [4.78, 5) is 75.4. The Kier molecular flexibility index (Phi) is 10.3. The molecule has 2 rings (SSSR count). The van der Waals surface area contributed by atoms with E-state index in [9.17, 15) is 39.0 Å². The minimum absolute atomic E-state index is 0.119. The van der Waals surface area contributed by atoms with Gasteiger partial charge in [0.15, 0.2) is 0 Å². The Balaban J connectivity index is 2.32. The number of carbonyl (C=O) groups is 6. The number of aromatic amines is 1. The number of nitrogens with one attached hydrogen (secondary N) is 4. The number of aromatic nitrogens is 1. The predicted molar refractivity (Wildman–Crippen MR) is 133 cm³/mol. The van der Waals surface area contributed by atoms with Gasteiger partial charge in [-0.05, 0) is 17.5 Å². The minimum atomic E-state index is -1.67. The van der Waals surface area contributed by atoms with E-state index < -0.39 is 78.6 Å². The number of benzene rings is 1. The molecule has 0 aliphatic carbocycles. The van der Waals surface area contributed by atoms with E-state index in [0.29, 0.717) is 5.56 Å². The summed E-state index contributed by atoms with van der Waals surface area (Å²) in [7, 11) is 0. The molecular weight excluding hydrogens is 502 g/mol. The Morgan fingerprint density at radius 1 is 0.842 bits per heavy atom. The number of para-hydroxylation sites is 1. The average molecular weight is 534 g/mol. The van der Waals surface area contributed by atoms with Crippen molar-refractivity contribution >= 4 is 46.5 Å². The van der Waals surface area contributed by atoms with E-state index in [4.69, 9.17) is 10.8 Å². The van der Waals surface area contributed by atoms with E-state index in [2.05, 4.69) is 20.9 Å². The van der Waals surface area contributed by atoms with Crippen LogP contribution in [0.2, 0.25) is 0 Å². The van der Waals surface area contributed by atoms with Crippen LogP contribution in [-0.2, 0) is 35.2 Å². The fourth-order valence-corrected chi connectivity index (χ4v) is 3.71. The third-order valence-electron chi connectivity index (χ3n) is 5.71. The van der Waals surface area contributed by atoms with Crippen LogP contribution >= 0.6 is 0 Å². The molecular formula is C24H31N5O9. The molecule has 1 aromatic carbocycles. The molecule has 0 bridgehead atoms. The van der Waals surface area contributed by atoms with Crippen LogP contribution in [-0.4, -0.2) is 80.1 Å². The molecule has 1 aromatic heterocycles. The molecule has 4 atom stereocenters. The molecule has 0 aliphatic rings. The quantitative estimate of drug-likeness (QED) is 0.150. The van der Waals surface area contributed by atoms with Crippen molar-refractivity contribution in [2.24, 2.45) is 11.7 Å². The van der Waals surface area contributed by atoms with Gasteiger partial charge in [0.25, 0.3) is 0 Å². The van der Waals surface area contributed by atoms with E-state index in [1.165, 1.54) is 13.8 Å². The number of hydrogen-bond acceptors (Lipinski definition) is 7. The van der Waals surface area contributed by atoms with E-state index in [1.54, 1.807) is 30.5 Å². The minimum Gasteiger partial charge on any atom is -0.481 e. The maximum absolute atomic E-state index is 13.3. The van der Waals surface area contributed by atoms with Gasteiger partial charge in [0.1, 0.15) is 18.1 Å². The number of carbonyl (C=O) groups excluding carboxylic acids is 3. The number of nitrogens with two attached hydrogens (primary N) is 1. The maximum atomic E-state index is 13.3. The largest absolute Gasteiger partial charge is 0.481 e. The molecule has 0 fully saturated rings. The Morgan fingerprint density at radius 2 is 1.42 bits per heavy atom. The molecule has 38 heavy (non-hydrogen) atoms. The first-order chi connectivity index (χ1) is 17.8. The summed E-state index contributed by atoms with van der Waals surface area (Å²) < 4.78 is 0. The van der Waals surface area contributed by atoms with Crippen molar-refractivity contribution in [1.29, 1.82) is 0 Å². The van der Waals surface area contributed by atoms with Gasteiger partial charge in [0.05, 0.1) is 18.9 Å². The SMILES string of the molecule is CC(C)C(NC(=O)C(CC(=O)O)NC(=O)C(Cc1c[nH]c2ccccc12)NC(=O)C(N)CC(=O)O)C(=O)O. The van der Waals surface area contributed by atoms with Crippen molar-refractivity contribution in [2.75, 3.05) is 0 Å². The van der Waals surface area contributed by atoms with Crippen LogP contribution in [0.1, 0.15) is 32.3 Å². The summed E-state index contributed by atoms with van der Waals surface area (Å²) in [5, 5.41) is 35.1. The second kappa shape index (κ2) is 13.2. The van der Waals surface area contributed by atoms with Crippen LogP contribution in [0.5, 0.6) is 0 Å². The van der Waals surface area contributed by atoms with Gasteiger partial charge in [-0.3, -0.25) is 24.0 Å². The summed E-state index contributed by atoms with van der Waals surface area (Å²) in [5.74, 6) is -7.60. The van der Waals surface area contributed by atoms with Crippen molar-refractivity contribution in [2.45, 2.75) is 57.3 Å². The van der Waals surface area contributed by atoms with Gasteiger partial charge in [0.2, 0.25) is 17.7 Å². The molecule has 206 valence electrons. The highest BCUT2D eigenvalue weighted by Crippen LogP contribution is 2.19. The molecule has 9 N–H and O–H groups in total. The Morgan fingerprint density at radius 3 is 2.00 bits per heavy atom. The first-order valence-corrected chi connectivity index (χ1v) is 11.7. The fraction of sp³-hybridized carbons (Fsp3) is 0.417. The van der Waals surface area contributed by atoms with Gasteiger partial charge < -0.3 is 42.0 Å². The molecule has 0 radical (unpaired) electrons. The van der Waals surface area contributed by atoms with E-state index >= 15 is 0 Å². The number of hydrogen-bond donors (Lipinski definition) is 8.